The number of rotatable bonds is 2. The number of hydrogen-bond donors (Lipinski definition) is 1. The maximum Gasteiger partial charge on any atom is 0.125 e. The summed E-state index contributed by atoms with van der Waals surface area (Å²) in [6, 6.07) is 5.30. The molecule has 0 aromatic heterocycles. The number of nitrogens with one attached hydrogen (secondary N) is 1. The van der Waals surface area contributed by atoms with E-state index in [9.17, 15) is 4.39 Å². The lowest BCUT2D eigenvalue weighted by Gasteiger charge is -2.27. The van der Waals surface area contributed by atoms with Crippen LogP contribution in [0.5, 0.6) is 0 Å². The van der Waals surface area contributed by atoms with Crippen molar-refractivity contribution in [3.63, 3.8) is 0 Å². The number of benzene rings is 1. The van der Waals surface area contributed by atoms with E-state index in [2.05, 4.69) is 5.32 Å². The summed E-state index contributed by atoms with van der Waals surface area (Å²) in [5, 5.41) is 3.20. The second-order valence-electron chi connectivity index (χ2n) is 3.40. The van der Waals surface area contributed by atoms with Gasteiger partial charge in [0, 0.05) is 5.69 Å². The van der Waals surface area contributed by atoms with Gasteiger partial charge in [0.15, 0.2) is 0 Å². The van der Waals surface area contributed by atoms with Gasteiger partial charge in [-0.3, -0.25) is 0 Å². The third-order valence-corrected chi connectivity index (χ3v) is 2.05. The first kappa shape index (κ1) is 8.51. The van der Waals surface area contributed by atoms with E-state index in [1.54, 1.807) is 0 Å². The lowest BCUT2D eigenvalue weighted by molar-refractivity contribution is 0.0211. The number of hydrogen-bond acceptors (Lipinski definition) is 2. The third kappa shape index (κ3) is 1.98. The van der Waals surface area contributed by atoms with E-state index in [1.807, 2.05) is 13.0 Å². The molecule has 13 heavy (non-hydrogen) atoms. The minimum absolute atomic E-state index is 0.192. The number of aryl methyl sites for hydroxylation is 1. The lowest BCUT2D eigenvalue weighted by atomic mass is 10.2. The molecule has 1 saturated heterocycles. The van der Waals surface area contributed by atoms with Crippen LogP contribution >= 0.6 is 0 Å². The van der Waals surface area contributed by atoms with Gasteiger partial charge < -0.3 is 10.1 Å². The molecule has 0 atom stereocenters. The van der Waals surface area contributed by atoms with E-state index in [4.69, 9.17) is 4.74 Å². The van der Waals surface area contributed by atoms with E-state index in [0.29, 0.717) is 6.04 Å². The molecule has 0 amide bonds. The van der Waals surface area contributed by atoms with Gasteiger partial charge >= 0.3 is 0 Å². The first-order chi connectivity index (χ1) is 6.24. The molecule has 1 aromatic carbocycles. The minimum atomic E-state index is -0.192. The standard InChI is InChI=1S/C10H12FNO/c1-7-2-8(11)4-9(3-7)12-10-5-13-6-10/h2-4,10,12H,5-6H2,1H3. The molecule has 0 bridgehead atoms. The SMILES string of the molecule is Cc1cc(F)cc(NC2COC2)c1. The average molecular weight is 181 g/mol. The average Bonchev–Trinajstić information content (AvgIpc) is 1.95. The van der Waals surface area contributed by atoms with Gasteiger partial charge in [0.25, 0.3) is 0 Å². The van der Waals surface area contributed by atoms with E-state index < -0.39 is 0 Å². The Morgan fingerprint density at radius 1 is 1.38 bits per heavy atom. The fourth-order valence-corrected chi connectivity index (χ4v) is 1.37. The molecule has 0 aliphatic carbocycles. The lowest BCUT2D eigenvalue weighted by Crippen LogP contribution is -2.40. The number of anilines is 1. The molecule has 70 valence electrons. The zero-order valence-corrected chi connectivity index (χ0v) is 7.51. The molecule has 2 nitrogen and oxygen atoms in total. The Morgan fingerprint density at radius 2 is 2.15 bits per heavy atom. The maximum absolute atomic E-state index is 12.9. The van der Waals surface area contributed by atoms with Crippen LogP contribution in [0.3, 0.4) is 0 Å². The van der Waals surface area contributed by atoms with Gasteiger partial charge in [-0.05, 0) is 30.7 Å². The van der Waals surface area contributed by atoms with Crippen LogP contribution in [-0.4, -0.2) is 19.3 Å². The highest BCUT2D eigenvalue weighted by molar-refractivity contribution is 5.47. The van der Waals surface area contributed by atoms with Gasteiger partial charge in [-0.15, -0.1) is 0 Å². The Bertz CT molecular complexity index is 290. The molecule has 1 fully saturated rings. The van der Waals surface area contributed by atoms with E-state index in [0.717, 1.165) is 24.5 Å². The maximum atomic E-state index is 12.9. The molecule has 1 heterocycles. The molecule has 0 spiro atoms. The normalized spacial score (nSPS) is 16.8. The molecule has 2 rings (SSSR count). The van der Waals surface area contributed by atoms with Gasteiger partial charge in [0.1, 0.15) is 5.82 Å². The second kappa shape index (κ2) is 3.34. The van der Waals surface area contributed by atoms with Gasteiger partial charge in [0.05, 0.1) is 19.3 Å². The summed E-state index contributed by atoms with van der Waals surface area (Å²) in [4.78, 5) is 0. The van der Waals surface area contributed by atoms with Crippen LogP contribution in [0.1, 0.15) is 5.56 Å². The Labute approximate surface area is 76.7 Å². The molecule has 1 aliphatic heterocycles. The second-order valence-corrected chi connectivity index (χ2v) is 3.40. The zero-order valence-electron chi connectivity index (χ0n) is 7.51. The summed E-state index contributed by atoms with van der Waals surface area (Å²) in [7, 11) is 0. The van der Waals surface area contributed by atoms with Crippen molar-refractivity contribution >= 4 is 5.69 Å². The molecule has 1 N–H and O–H groups in total. The van der Waals surface area contributed by atoms with Crippen molar-refractivity contribution in [1.29, 1.82) is 0 Å². The summed E-state index contributed by atoms with van der Waals surface area (Å²) in [6.07, 6.45) is 0. The van der Waals surface area contributed by atoms with Crippen molar-refractivity contribution in [2.45, 2.75) is 13.0 Å². The predicted octanol–water partition coefficient (Wildman–Crippen LogP) is 1.94. The highest BCUT2D eigenvalue weighted by atomic mass is 19.1. The van der Waals surface area contributed by atoms with Crippen molar-refractivity contribution in [3.05, 3.63) is 29.6 Å². The molecular formula is C10H12FNO. The van der Waals surface area contributed by atoms with Gasteiger partial charge in [0.2, 0.25) is 0 Å². The molecule has 0 radical (unpaired) electrons. The summed E-state index contributed by atoms with van der Waals surface area (Å²) < 4.78 is 17.9. The van der Waals surface area contributed by atoms with Crippen molar-refractivity contribution in [1.82, 2.24) is 0 Å². The topological polar surface area (TPSA) is 21.3 Å². The highest BCUT2D eigenvalue weighted by Crippen LogP contribution is 2.16. The summed E-state index contributed by atoms with van der Waals surface area (Å²) in [5.74, 6) is -0.192. The van der Waals surface area contributed by atoms with Crippen LogP contribution in [0.4, 0.5) is 10.1 Å². The molecule has 0 saturated carbocycles. The Morgan fingerprint density at radius 3 is 2.69 bits per heavy atom. The van der Waals surface area contributed by atoms with Crippen LogP contribution in [0.2, 0.25) is 0 Å². The molecule has 1 aliphatic rings. The molecule has 1 aromatic rings. The van der Waals surface area contributed by atoms with Crippen LogP contribution in [0.25, 0.3) is 0 Å². The first-order valence-electron chi connectivity index (χ1n) is 4.35. The molecule has 3 heteroatoms. The fourth-order valence-electron chi connectivity index (χ4n) is 1.37. The Balaban J connectivity index is 2.10. The Hall–Kier alpha value is -1.09. The number of halogens is 1. The Kier molecular flexibility index (Phi) is 2.19. The summed E-state index contributed by atoms with van der Waals surface area (Å²) in [5.41, 5.74) is 1.77. The van der Waals surface area contributed by atoms with Gasteiger partial charge in [-0.1, -0.05) is 0 Å². The summed E-state index contributed by atoms with van der Waals surface area (Å²) >= 11 is 0. The third-order valence-electron chi connectivity index (χ3n) is 2.05. The van der Waals surface area contributed by atoms with Gasteiger partial charge in [-0.25, -0.2) is 4.39 Å². The first-order valence-corrected chi connectivity index (χ1v) is 4.35. The fraction of sp³-hybridized carbons (Fsp3) is 0.400. The number of ether oxygens (including phenoxy) is 1. The monoisotopic (exact) mass is 181 g/mol. The largest absolute Gasteiger partial charge is 0.378 e. The van der Waals surface area contributed by atoms with Crippen molar-refractivity contribution in [2.24, 2.45) is 0 Å². The van der Waals surface area contributed by atoms with E-state index >= 15 is 0 Å². The quantitative estimate of drug-likeness (QED) is 0.752. The van der Waals surface area contributed by atoms with E-state index in [-0.39, 0.29) is 5.82 Å². The van der Waals surface area contributed by atoms with Crippen LogP contribution in [0.15, 0.2) is 18.2 Å². The minimum Gasteiger partial charge on any atom is -0.378 e. The van der Waals surface area contributed by atoms with Crippen molar-refractivity contribution in [2.75, 3.05) is 18.5 Å². The van der Waals surface area contributed by atoms with Gasteiger partial charge in [-0.2, -0.15) is 0 Å². The smallest absolute Gasteiger partial charge is 0.125 e. The van der Waals surface area contributed by atoms with E-state index in [1.165, 1.54) is 12.1 Å². The summed E-state index contributed by atoms with van der Waals surface area (Å²) in [6.45, 7) is 3.32. The molecular weight excluding hydrogens is 169 g/mol. The van der Waals surface area contributed by atoms with Crippen molar-refractivity contribution in [3.8, 4) is 0 Å². The van der Waals surface area contributed by atoms with Crippen LogP contribution < -0.4 is 5.32 Å². The zero-order chi connectivity index (χ0) is 9.26. The van der Waals surface area contributed by atoms with Crippen LogP contribution in [0, 0.1) is 12.7 Å². The van der Waals surface area contributed by atoms with Crippen molar-refractivity contribution < 1.29 is 9.13 Å². The van der Waals surface area contributed by atoms with Crippen LogP contribution in [-0.2, 0) is 4.74 Å². The highest BCUT2D eigenvalue weighted by Gasteiger charge is 2.17. The predicted molar refractivity (Wildman–Crippen MR) is 49.4 cm³/mol. The molecule has 0 unspecified atom stereocenters.